The van der Waals surface area contributed by atoms with Crippen LogP contribution in [0.5, 0.6) is 0 Å². The van der Waals surface area contributed by atoms with Gasteiger partial charge in [-0.25, -0.2) is 9.97 Å². The first-order chi connectivity index (χ1) is 11.2. The third-order valence-corrected chi connectivity index (χ3v) is 4.95. The lowest BCUT2D eigenvalue weighted by Crippen LogP contribution is -2.14. The molecule has 0 aliphatic carbocycles. The van der Waals surface area contributed by atoms with Gasteiger partial charge in [-0.15, -0.1) is 11.3 Å². The Balaban J connectivity index is 1.56. The van der Waals surface area contributed by atoms with Gasteiger partial charge in [0.2, 0.25) is 5.91 Å². The van der Waals surface area contributed by atoms with Crippen molar-refractivity contribution in [2.45, 2.75) is 18.6 Å². The zero-order valence-corrected chi connectivity index (χ0v) is 14.2. The van der Waals surface area contributed by atoms with Crippen LogP contribution in [0.2, 0.25) is 0 Å². The summed E-state index contributed by atoms with van der Waals surface area (Å²) < 4.78 is 2.04. The monoisotopic (exact) mass is 344 g/mol. The number of thiazole rings is 1. The summed E-state index contributed by atoms with van der Waals surface area (Å²) in [5, 5.41) is 6.19. The van der Waals surface area contributed by atoms with Gasteiger partial charge >= 0.3 is 0 Å². The van der Waals surface area contributed by atoms with E-state index in [1.54, 1.807) is 6.20 Å². The summed E-state index contributed by atoms with van der Waals surface area (Å²) in [6.45, 7) is 2.65. The predicted molar refractivity (Wildman–Crippen MR) is 94.0 cm³/mol. The quantitative estimate of drug-likeness (QED) is 0.696. The number of nitrogens with one attached hydrogen (secondary N) is 1. The molecular weight excluding hydrogens is 328 g/mol. The van der Waals surface area contributed by atoms with Gasteiger partial charge in [-0.2, -0.15) is 0 Å². The van der Waals surface area contributed by atoms with Crippen LogP contribution in [0.4, 0.5) is 5.13 Å². The van der Waals surface area contributed by atoms with Crippen molar-refractivity contribution in [3.8, 4) is 0 Å². The first-order valence-electron chi connectivity index (χ1n) is 7.10. The number of imidazole rings is 1. The molecule has 0 aliphatic heterocycles. The van der Waals surface area contributed by atoms with Crippen molar-refractivity contribution in [1.29, 1.82) is 0 Å². The highest BCUT2D eigenvalue weighted by molar-refractivity contribution is 7.99. The molecule has 7 heteroatoms. The second-order valence-electron chi connectivity index (χ2n) is 4.95. The zero-order chi connectivity index (χ0) is 16.1. The van der Waals surface area contributed by atoms with Gasteiger partial charge in [0.1, 0.15) is 0 Å². The predicted octanol–water partition coefficient (Wildman–Crippen LogP) is 3.43. The van der Waals surface area contributed by atoms with Gasteiger partial charge in [-0.1, -0.05) is 42.1 Å². The van der Waals surface area contributed by atoms with E-state index in [0.717, 1.165) is 17.4 Å². The fourth-order valence-electron chi connectivity index (χ4n) is 2.03. The topological polar surface area (TPSA) is 59.8 Å². The number of anilines is 1. The molecular formula is C16H16N4OS2. The Morgan fingerprint density at radius 2 is 2.17 bits per heavy atom. The third-order valence-electron chi connectivity index (χ3n) is 3.07. The van der Waals surface area contributed by atoms with Gasteiger partial charge in [0.05, 0.1) is 11.4 Å². The number of rotatable bonds is 6. The average molecular weight is 344 g/mol. The number of hydrogen-bond acceptors (Lipinski definition) is 5. The van der Waals surface area contributed by atoms with Crippen LogP contribution in [0.1, 0.15) is 11.3 Å². The fourth-order valence-corrected chi connectivity index (χ4v) is 3.50. The molecule has 0 bridgehead atoms. The fraction of sp³-hybridized carbons (Fsp3) is 0.188. The number of nitrogens with zero attached hydrogens (tertiary/aromatic N) is 3. The van der Waals surface area contributed by atoms with Crippen LogP contribution in [0.25, 0.3) is 0 Å². The number of carbonyl (C=O) groups excluding carboxylic acids is 1. The summed E-state index contributed by atoms with van der Waals surface area (Å²) in [6.07, 6.45) is 3.69. The van der Waals surface area contributed by atoms with Crippen molar-refractivity contribution < 1.29 is 4.79 Å². The molecule has 1 amide bonds. The van der Waals surface area contributed by atoms with Crippen LogP contribution in [0, 0.1) is 6.92 Å². The van der Waals surface area contributed by atoms with Crippen molar-refractivity contribution in [2.75, 3.05) is 11.1 Å². The van der Waals surface area contributed by atoms with E-state index in [2.05, 4.69) is 27.4 Å². The smallest absolute Gasteiger partial charge is 0.236 e. The minimum atomic E-state index is -0.0707. The van der Waals surface area contributed by atoms with Gasteiger partial charge in [0.15, 0.2) is 10.3 Å². The van der Waals surface area contributed by atoms with E-state index in [0.29, 0.717) is 10.9 Å². The number of aromatic nitrogens is 3. The molecule has 1 N–H and O–H groups in total. The highest BCUT2D eigenvalue weighted by atomic mass is 32.2. The summed E-state index contributed by atoms with van der Waals surface area (Å²) in [4.78, 5) is 20.5. The summed E-state index contributed by atoms with van der Waals surface area (Å²) in [5.41, 5.74) is 2.12. The van der Waals surface area contributed by atoms with Crippen LogP contribution in [0.3, 0.4) is 0 Å². The number of thioether (sulfide) groups is 1. The second kappa shape index (κ2) is 7.43. The number of hydrogen-bond donors (Lipinski definition) is 1. The molecule has 23 heavy (non-hydrogen) atoms. The van der Waals surface area contributed by atoms with Gasteiger partial charge in [-0.05, 0) is 12.5 Å². The Morgan fingerprint density at radius 3 is 2.91 bits per heavy atom. The van der Waals surface area contributed by atoms with E-state index in [1.807, 2.05) is 41.3 Å². The first-order valence-corrected chi connectivity index (χ1v) is 8.97. The Morgan fingerprint density at radius 1 is 1.35 bits per heavy atom. The summed E-state index contributed by atoms with van der Waals surface area (Å²) in [7, 11) is 0. The second-order valence-corrected chi connectivity index (χ2v) is 6.75. The molecule has 0 aliphatic rings. The average Bonchev–Trinajstić information content (AvgIpc) is 3.15. The maximum Gasteiger partial charge on any atom is 0.236 e. The van der Waals surface area contributed by atoms with E-state index in [-0.39, 0.29) is 5.91 Å². The molecule has 0 unspecified atom stereocenters. The number of amides is 1. The molecule has 1 aromatic carbocycles. The van der Waals surface area contributed by atoms with E-state index < -0.39 is 0 Å². The highest BCUT2D eigenvalue weighted by Gasteiger charge is 2.09. The van der Waals surface area contributed by atoms with E-state index in [4.69, 9.17) is 0 Å². The van der Waals surface area contributed by atoms with Crippen molar-refractivity contribution in [2.24, 2.45) is 0 Å². The van der Waals surface area contributed by atoms with Crippen molar-refractivity contribution in [3.05, 3.63) is 59.4 Å². The molecule has 3 rings (SSSR count). The number of benzene rings is 1. The minimum absolute atomic E-state index is 0.0707. The maximum atomic E-state index is 12.0. The zero-order valence-electron chi connectivity index (χ0n) is 12.6. The lowest BCUT2D eigenvalue weighted by Gasteiger charge is -2.07. The third kappa shape index (κ3) is 4.43. The summed E-state index contributed by atoms with van der Waals surface area (Å²) in [5.74, 6) is 0.239. The van der Waals surface area contributed by atoms with Crippen LogP contribution >= 0.6 is 23.1 Å². The normalized spacial score (nSPS) is 10.7. The Kier molecular flexibility index (Phi) is 5.09. The van der Waals surface area contributed by atoms with Crippen molar-refractivity contribution in [1.82, 2.24) is 14.5 Å². The van der Waals surface area contributed by atoms with Crippen molar-refractivity contribution >= 4 is 34.1 Å². The SMILES string of the molecule is Cc1csc(NC(=O)CSc2nccn2Cc2ccccc2)n1. The van der Waals surface area contributed by atoms with E-state index in [1.165, 1.54) is 28.7 Å². The van der Waals surface area contributed by atoms with Crippen LogP contribution in [-0.4, -0.2) is 26.2 Å². The minimum Gasteiger partial charge on any atom is -0.322 e. The van der Waals surface area contributed by atoms with Gasteiger partial charge in [0, 0.05) is 24.3 Å². The molecule has 2 aromatic heterocycles. The Hall–Kier alpha value is -2.12. The highest BCUT2D eigenvalue weighted by Crippen LogP contribution is 2.19. The molecule has 0 atom stereocenters. The van der Waals surface area contributed by atoms with E-state index in [9.17, 15) is 4.79 Å². The Labute approximate surface area is 142 Å². The summed E-state index contributed by atoms with van der Waals surface area (Å²) in [6, 6.07) is 10.2. The molecule has 0 radical (unpaired) electrons. The van der Waals surface area contributed by atoms with Crippen LogP contribution < -0.4 is 5.32 Å². The van der Waals surface area contributed by atoms with Gasteiger partial charge < -0.3 is 9.88 Å². The standard InChI is InChI=1S/C16H16N4OS2/c1-12-10-22-15(18-12)19-14(21)11-23-16-17-7-8-20(16)9-13-5-3-2-4-6-13/h2-8,10H,9,11H2,1H3,(H,18,19,21). The maximum absolute atomic E-state index is 12.0. The molecule has 2 heterocycles. The van der Waals surface area contributed by atoms with Gasteiger partial charge in [0.25, 0.3) is 0 Å². The first kappa shape index (κ1) is 15.8. The van der Waals surface area contributed by atoms with Crippen LogP contribution in [0.15, 0.2) is 53.3 Å². The van der Waals surface area contributed by atoms with E-state index >= 15 is 0 Å². The number of aryl methyl sites for hydroxylation is 1. The molecule has 5 nitrogen and oxygen atoms in total. The molecule has 0 saturated carbocycles. The molecule has 3 aromatic rings. The molecule has 0 spiro atoms. The molecule has 0 saturated heterocycles. The largest absolute Gasteiger partial charge is 0.322 e. The lowest BCUT2D eigenvalue weighted by atomic mass is 10.2. The van der Waals surface area contributed by atoms with Crippen LogP contribution in [-0.2, 0) is 11.3 Å². The number of carbonyl (C=O) groups is 1. The molecule has 118 valence electrons. The molecule has 0 fully saturated rings. The van der Waals surface area contributed by atoms with Crippen molar-refractivity contribution in [3.63, 3.8) is 0 Å². The lowest BCUT2D eigenvalue weighted by molar-refractivity contribution is -0.113. The Bertz CT molecular complexity index is 782. The summed E-state index contributed by atoms with van der Waals surface area (Å²) >= 11 is 2.86. The van der Waals surface area contributed by atoms with Gasteiger partial charge in [-0.3, -0.25) is 4.79 Å².